The Morgan fingerprint density at radius 1 is 1.35 bits per heavy atom. The lowest BCUT2D eigenvalue weighted by Crippen LogP contribution is -2.53. The Bertz CT molecular complexity index is 276. The van der Waals surface area contributed by atoms with Gasteiger partial charge in [-0.3, -0.25) is 5.32 Å². The van der Waals surface area contributed by atoms with E-state index in [0.29, 0.717) is 17.9 Å². The number of methoxy groups -OCH3 is 1. The number of nitrogens with one attached hydrogen (secondary N) is 1. The Labute approximate surface area is 125 Å². The fourth-order valence-electron chi connectivity index (χ4n) is 3.52. The van der Waals surface area contributed by atoms with Crippen LogP contribution in [0.15, 0.2) is 0 Å². The minimum Gasteiger partial charge on any atom is -0.370 e. The van der Waals surface area contributed by atoms with Gasteiger partial charge in [0.05, 0.1) is 12.2 Å². The van der Waals surface area contributed by atoms with E-state index in [1.165, 1.54) is 12.8 Å². The topological polar surface area (TPSA) is 30.5 Å². The third-order valence-electron chi connectivity index (χ3n) is 5.42. The van der Waals surface area contributed by atoms with Crippen molar-refractivity contribution in [1.82, 2.24) is 5.32 Å². The van der Waals surface area contributed by atoms with Crippen LogP contribution in [0.4, 0.5) is 0 Å². The summed E-state index contributed by atoms with van der Waals surface area (Å²) in [5.74, 6) is 1.41. The van der Waals surface area contributed by atoms with E-state index in [4.69, 9.17) is 9.47 Å². The Morgan fingerprint density at radius 3 is 2.45 bits per heavy atom. The summed E-state index contributed by atoms with van der Waals surface area (Å²) >= 11 is 0. The van der Waals surface area contributed by atoms with Gasteiger partial charge in [-0.05, 0) is 37.1 Å². The average molecular weight is 285 g/mol. The van der Waals surface area contributed by atoms with E-state index in [2.05, 4.69) is 39.9 Å². The smallest absolute Gasteiger partial charge is 0.133 e. The SMILES string of the molecule is CCC(C)CC1OC(C(NC)OC)CC(CC)C1(C)C. The van der Waals surface area contributed by atoms with Crippen LogP contribution in [0.3, 0.4) is 0 Å². The van der Waals surface area contributed by atoms with Crippen LogP contribution < -0.4 is 5.32 Å². The number of ether oxygens (including phenoxy) is 2. The van der Waals surface area contributed by atoms with Gasteiger partial charge in [-0.25, -0.2) is 0 Å². The van der Waals surface area contributed by atoms with Crippen molar-refractivity contribution < 1.29 is 9.47 Å². The molecular formula is C17H35NO2. The summed E-state index contributed by atoms with van der Waals surface area (Å²) < 4.78 is 12.0. The first kappa shape index (κ1) is 17.9. The molecule has 1 heterocycles. The summed E-state index contributed by atoms with van der Waals surface area (Å²) in [7, 11) is 3.71. The van der Waals surface area contributed by atoms with E-state index in [1.807, 2.05) is 7.05 Å². The molecule has 0 aromatic rings. The van der Waals surface area contributed by atoms with Gasteiger partial charge >= 0.3 is 0 Å². The van der Waals surface area contributed by atoms with Gasteiger partial charge in [-0.1, -0.05) is 47.5 Å². The predicted octanol–water partition coefficient (Wildman–Crippen LogP) is 3.82. The van der Waals surface area contributed by atoms with E-state index < -0.39 is 0 Å². The van der Waals surface area contributed by atoms with Crippen LogP contribution in [0.5, 0.6) is 0 Å². The van der Waals surface area contributed by atoms with Crippen LogP contribution in [-0.4, -0.2) is 32.6 Å². The first-order chi connectivity index (χ1) is 9.40. The quantitative estimate of drug-likeness (QED) is 0.721. The standard InChI is InChI=1S/C17H35NO2/c1-8-12(3)10-15-17(4,5)13(9-2)11-14(20-15)16(18-6)19-7/h12-16,18H,8-11H2,1-7H3. The van der Waals surface area contributed by atoms with E-state index in [0.717, 1.165) is 12.8 Å². The van der Waals surface area contributed by atoms with Crippen molar-refractivity contribution in [3.63, 3.8) is 0 Å². The van der Waals surface area contributed by atoms with Gasteiger partial charge in [0.25, 0.3) is 0 Å². The fourth-order valence-corrected chi connectivity index (χ4v) is 3.52. The first-order valence-corrected chi connectivity index (χ1v) is 8.26. The molecule has 1 N–H and O–H groups in total. The van der Waals surface area contributed by atoms with Crippen LogP contribution in [0.1, 0.15) is 60.3 Å². The van der Waals surface area contributed by atoms with Gasteiger partial charge in [-0.15, -0.1) is 0 Å². The molecule has 3 heteroatoms. The molecule has 3 nitrogen and oxygen atoms in total. The number of hydrogen-bond donors (Lipinski definition) is 1. The molecule has 5 unspecified atom stereocenters. The van der Waals surface area contributed by atoms with Crippen LogP contribution in [0, 0.1) is 17.3 Å². The molecule has 1 fully saturated rings. The van der Waals surface area contributed by atoms with E-state index >= 15 is 0 Å². The zero-order chi connectivity index (χ0) is 15.3. The maximum atomic E-state index is 6.46. The van der Waals surface area contributed by atoms with Crippen molar-refractivity contribution in [2.45, 2.75) is 78.7 Å². The summed E-state index contributed by atoms with van der Waals surface area (Å²) in [6, 6.07) is 0. The van der Waals surface area contributed by atoms with Crippen molar-refractivity contribution in [3.8, 4) is 0 Å². The molecule has 0 aromatic carbocycles. The third kappa shape index (κ3) is 3.96. The van der Waals surface area contributed by atoms with Gasteiger partial charge in [0.1, 0.15) is 6.23 Å². The van der Waals surface area contributed by atoms with Gasteiger partial charge < -0.3 is 9.47 Å². The Balaban J connectivity index is 2.87. The highest BCUT2D eigenvalue weighted by molar-refractivity contribution is 4.93. The maximum Gasteiger partial charge on any atom is 0.133 e. The molecule has 1 aliphatic rings. The second kappa shape index (κ2) is 7.77. The molecule has 1 saturated heterocycles. The highest BCUT2D eigenvalue weighted by Gasteiger charge is 2.45. The molecule has 1 rings (SSSR count). The zero-order valence-corrected chi connectivity index (χ0v) is 14.5. The van der Waals surface area contributed by atoms with Crippen molar-refractivity contribution in [2.75, 3.05) is 14.2 Å². The largest absolute Gasteiger partial charge is 0.370 e. The highest BCUT2D eigenvalue weighted by atomic mass is 16.6. The van der Waals surface area contributed by atoms with E-state index in [-0.39, 0.29) is 17.7 Å². The molecule has 0 radical (unpaired) electrons. The third-order valence-corrected chi connectivity index (χ3v) is 5.42. The molecule has 20 heavy (non-hydrogen) atoms. The highest BCUT2D eigenvalue weighted by Crippen LogP contribution is 2.45. The van der Waals surface area contributed by atoms with Gasteiger partial charge in [0.2, 0.25) is 0 Å². The van der Waals surface area contributed by atoms with Crippen LogP contribution in [0.25, 0.3) is 0 Å². The van der Waals surface area contributed by atoms with Crippen molar-refractivity contribution in [3.05, 3.63) is 0 Å². The molecule has 0 amide bonds. The second-order valence-corrected chi connectivity index (χ2v) is 7.02. The number of likely N-dealkylation sites (N-methyl/N-ethyl adjacent to an activating group) is 1. The van der Waals surface area contributed by atoms with Crippen molar-refractivity contribution in [2.24, 2.45) is 17.3 Å². The Kier molecular flexibility index (Phi) is 6.96. The second-order valence-electron chi connectivity index (χ2n) is 7.02. The number of rotatable bonds is 7. The molecule has 120 valence electrons. The first-order valence-electron chi connectivity index (χ1n) is 8.26. The van der Waals surface area contributed by atoms with Crippen LogP contribution in [0.2, 0.25) is 0 Å². The monoisotopic (exact) mass is 285 g/mol. The summed E-state index contributed by atoms with van der Waals surface area (Å²) in [6.07, 6.45) is 5.15. The molecule has 0 saturated carbocycles. The number of hydrogen-bond acceptors (Lipinski definition) is 3. The molecule has 0 bridgehead atoms. The molecule has 0 spiro atoms. The molecule has 1 aliphatic heterocycles. The maximum absolute atomic E-state index is 6.46. The summed E-state index contributed by atoms with van der Waals surface area (Å²) in [5.41, 5.74) is 0.251. The lowest BCUT2D eigenvalue weighted by Gasteiger charge is -2.50. The Morgan fingerprint density at radius 2 is 2.00 bits per heavy atom. The van der Waals surface area contributed by atoms with Gasteiger partial charge in [0.15, 0.2) is 0 Å². The van der Waals surface area contributed by atoms with E-state index in [9.17, 15) is 0 Å². The molecule has 0 aromatic heterocycles. The van der Waals surface area contributed by atoms with Crippen molar-refractivity contribution >= 4 is 0 Å². The lowest BCUT2D eigenvalue weighted by atomic mass is 9.66. The normalized spacial score (nSPS) is 32.9. The minimum atomic E-state index is -0.000386. The molecule has 0 aliphatic carbocycles. The van der Waals surface area contributed by atoms with E-state index in [1.54, 1.807) is 7.11 Å². The van der Waals surface area contributed by atoms with Gasteiger partial charge in [0, 0.05) is 7.11 Å². The minimum absolute atomic E-state index is 0.000386. The van der Waals surface area contributed by atoms with Crippen molar-refractivity contribution in [1.29, 1.82) is 0 Å². The average Bonchev–Trinajstić information content (AvgIpc) is 2.42. The fraction of sp³-hybridized carbons (Fsp3) is 1.00. The molecular weight excluding hydrogens is 250 g/mol. The lowest BCUT2D eigenvalue weighted by molar-refractivity contribution is -0.193. The van der Waals surface area contributed by atoms with Gasteiger partial charge in [-0.2, -0.15) is 0 Å². The summed E-state index contributed by atoms with van der Waals surface area (Å²) in [5, 5.41) is 3.23. The summed E-state index contributed by atoms with van der Waals surface area (Å²) in [6.45, 7) is 11.7. The predicted molar refractivity (Wildman–Crippen MR) is 84.8 cm³/mol. The zero-order valence-electron chi connectivity index (χ0n) is 14.5. The Hall–Kier alpha value is -0.120. The molecule has 5 atom stereocenters. The van der Waals surface area contributed by atoms with Crippen LogP contribution >= 0.6 is 0 Å². The summed E-state index contributed by atoms with van der Waals surface area (Å²) in [4.78, 5) is 0. The van der Waals surface area contributed by atoms with Crippen LogP contribution in [-0.2, 0) is 9.47 Å².